The van der Waals surface area contributed by atoms with Gasteiger partial charge in [0.25, 0.3) is 0 Å². The van der Waals surface area contributed by atoms with Gasteiger partial charge in [-0.2, -0.15) is 0 Å². The van der Waals surface area contributed by atoms with Crippen LogP contribution in [0.3, 0.4) is 0 Å². The Bertz CT molecular complexity index is 1690. The molecule has 0 heterocycles. The molecule has 6 rings (SSSR count). The second kappa shape index (κ2) is 19.1. The molecular formula is C45H63O12P. The van der Waals surface area contributed by atoms with Crippen molar-refractivity contribution in [1.29, 1.82) is 0 Å². The van der Waals surface area contributed by atoms with Gasteiger partial charge in [-0.25, -0.2) is 0 Å². The summed E-state index contributed by atoms with van der Waals surface area (Å²) in [5.41, 5.74) is 1.09. The van der Waals surface area contributed by atoms with Crippen molar-refractivity contribution in [3.05, 3.63) is 71.8 Å². The molecule has 0 bridgehead atoms. The number of aliphatic carboxylic acids is 1. The highest BCUT2D eigenvalue weighted by atomic mass is 31.2. The first kappa shape index (κ1) is 44.4. The number of fused-ring (bicyclic) bond motifs is 5. The molecule has 13 heteroatoms. The van der Waals surface area contributed by atoms with Crippen LogP contribution in [0.4, 0.5) is 0 Å². The molecule has 0 aromatic heterocycles. The molecule has 2 aromatic rings. The Balaban J connectivity index is 0.953. The molecule has 320 valence electrons. The predicted octanol–water partition coefficient (Wildman–Crippen LogP) is 7.52. The molecule has 4 N–H and O–H groups in total. The zero-order valence-corrected chi connectivity index (χ0v) is 35.1. The second-order valence-electron chi connectivity index (χ2n) is 18.1. The molecule has 0 aliphatic heterocycles. The quantitative estimate of drug-likeness (QED) is 0.0659. The first-order chi connectivity index (χ1) is 27.6. The average molecular weight is 827 g/mol. The second-order valence-corrected chi connectivity index (χ2v) is 20.2. The monoisotopic (exact) mass is 826 g/mol. The van der Waals surface area contributed by atoms with Crippen LogP contribution in [0.5, 0.6) is 0 Å². The minimum absolute atomic E-state index is 0.000437. The number of hydrogen-bond acceptors (Lipinski definition) is 11. The maximum Gasteiger partial charge on any atom is 0.332 e. The number of benzene rings is 2. The summed E-state index contributed by atoms with van der Waals surface area (Å²) >= 11 is 0. The number of esters is 2. The lowest BCUT2D eigenvalue weighted by Crippen LogP contribution is -2.62. The minimum atomic E-state index is -3.95. The van der Waals surface area contributed by atoms with E-state index in [-0.39, 0.29) is 84.9 Å². The number of carbonyl (C=O) groups is 3. The van der Waals surface area contributed by atoms with E-state index in [2.05, 4.69) is 20.8 Å². The lowest BCUT2D eigenvalue weighted by Gasteiger charge is -2.63. The molecule has 58 heavy (non-hydrogen) atoms. The summed E-state index contributed by atoms with van der Waals surface area (Å²) in [5.74, 6) is -2.77. The van der Waals surface area contributed by atoms with Gasteiger partial charge >= 0.3 is 25.5 Å². The summed E-state index contributed by atoms with van der Waals surface area (Å²) in [4.78, 5) is 37.7. The maximum atomic E-state index is 13.9. The maximum absolute atomic E-state index is 13.9. The van der Waals surface area contributed by atoms with Gasteiger partial charge in [-0.1, -0.05) is 81.4 Å². The van der Waals surface area contributed by atoms with Crippen molar-refractivity contribution in [1.82, 2.24) is 0 Å². The van der Waals surface area contributed by atoms with Gasteiger partial charge in [-0.15, -0.1) is 0 Å². The van der Waals surface area contributed by atoms with Gasteiger partial charge in [0.05, 0.1) is 43.6 Å². The van der Waals surface area contributed by atoms with E-state index in [0.717, 1.165) is 43.2 Å². The highest BCUT2D eigenvalue weighted by molar-refractivity contribution is 7.53. The van der Waals surface area contributed by atoms with E-state index >= 15 is 0 Å². The number of hydrogen-bond donors (Lipinski definition) is 4. The third-order valence-corrected chi connectivity index (χ3v) is 16.7. The molecule has 4 fully saturated rings. The van der Waals surface area contributed by atoms with Crippen LogP contribution in [0.2, 0.25) is 0 Å². The van der Waals surface area contributed by atoms with Crippen LogP contribution in [-0.2, 0) is 50.7 Å². The SMILES string of the molecule is CC(CCC(=O)OCOC(=O)CCC(CP(=O)(OCc1ccccc1)OCc1ccccc1)C(=O)O)C1CCC2C3C(C[C@H](O)[C@]12C)[C@@]1(C)CC[C@@H](O)CC1C[C@H]3O. The summed E-state index contributed by atoms with van der Waals surface area (Å²) in [7, 11) is -3.95. The summed E-state index contributed by atoms with van der Waals surface area (Å²) in [6, 6.07) is 18.1. The van der Waals surface area contributed by atoms with Crippen LogP contribution in [0.15, 0.2) is 60.7 Å². The molecule has 12 atom stereocenters. The molecule has 4 aliphatic carbocycles. The van der Waals surface area contributed by atoms with Crippen molar-refractivity contribution >= 4 is 25.5 Å². The number of aliphatic hydroxyl groups is 3. The number of carbonyl (C=O) groups excluding carboxylic acids is 2. The first-order valence-electron chi connectivity index (χ1n) is 21.2. The molecule has 0 amide bonds. The molecule has 7 unspecified atom stereocenters. The van der Waals surface area contributed by atoms with Crippen molar-refractivity contribution in [2.75, 3.05) is 13.0 Å². The molecule has 4 aliphatic rings. The zero-order chi connectivity index (χ0) is 41.7. The molecule has 12 nitrogen and oxygen atoms in total. The Kier molecular flexibility index (Phi) is 14.6. The Morgan fingerprint density at radius 2 is 1.38 bits per heavy atom. The first-order valence-corrected chi connectivity index (χ1v) is 22.9. The van der Waals surface area contributed by atoms with Crippen molar-refractivity contribution in [2.24, 2.45) is 52.3 Å². The van der Waals surface area contributed by atoms with Crippen molar-refractivity contribution in [2.45, 2.75) is 123 Å². The lowest BCUT2D eigenvalue weighted by atomic mass is 9.43. The van der Waals surface area contributed by atoms with Gasteiger partial charge in [0.15, 0.2) is 0 Å². The van der Waals surface area contributed by atoms with E-state index in [4.69, 9.17) is 18.5 Å². The number of rotatable bonds is 18. The van der Waals surface area contributed by atoms with Crippen molar-refractivity contribution in [3.8, 4) is 0 Å². The van der Waals surface area contributed by atoms with Crippen LogP contribution in [0.25, 0.3) is 0 Å². The van der Waals surface area contributed by atoms with Gasteiger partial charge in [-0.05, 0) is 115 Å². The van der Waals surface area contributed by atoms with E-state index in [1.165, 1.54) is 0 Å². The molecule has 0 saturated heterocycles. The Hall–Kier alpha value is -3.12. The molecule has 0 radical (unpaired) electrons. The fourth-order valence-corrected chi connectivity index (χ4v) is 13.3. The fourth-order valence-electron chi connectivity index (χ4n) is 11.5. The van der Waals surface area contributed by atoms with Gasteiger partial charge in [-0.3, -0.25) is 18.9 Å². The fraction of sp³-hybridized carbons (Fsp3) is 0.667. The van der Waals surface area contributed by atoms with E-state index in [1.54, 1.807) is 24.3 Å². The predicted molar refractivity (Wildman–Crippen MR) is 215 cm³/mol. The third-order valence-electron chi connectivity index (χ3n) is 14.8. The van der Waals surface area contributed by atoms with Gasteiger partial charge in [0.1, 0.15) is 0 Å². The smallest absolute Gasteiger partial charge is 0.332 e. The van der Waals surface area contributed by atoms with E-state index < -0.39 is 56.6 Å². The number of carboxylic acids is 1. The van der Waals surface area contributed by atoms with E-state index in [0.29, 0.717) is 19.3 Å². The van der Waals surface area contributed by atoms with Crippen LogP contribution in [0, 0.1) is 52.3 Å². The highest BCUT2D eigenvalue weighted by Gasteiger charge is 2.65. The summed E-state index contributed by atoms with van der Waals surface area (Å²) in [6.07, 6.45) is 3.96. The Labute approximate surface area is 342 Å². The van der Waals surface area contributed by atoms with Gasteiger partial charge in [0.2, 0.25) is 6.79 Å². The van der Waals surface area contributed by atoms with Crippen LogP contribution in [-0.4, -0.2) is 69.6 Å². The lowest BCUT2D eigenvalue weighted by molar-refractivity contribution is -0.207. The third kappa shape index (κ3) is 10.1. The zero-order valence-electron chi connectivity index (χ0n) is 34.2. The normalized spacial score (nSPS) is 32.9. The topological polar surface area (TPSA) is 186 Å². The summed E-state index contributed by atoms with van der Waals surface area (Å²) < 4.78 is 35.7. The van der Waals surface area contributed by atoms with E-state index in [1.807, 2.05) is 36.4 Å². The number of aliphatic hydroxyl groups excluding tert-OH is 3. The van der Waals surface area contributed by atoms with Crippen molar-refractivity contribution in [3.63, 3.8) is 0 Å². The Morgan fingerprint density at radius 3 is 1.97 bits per heavy atom. The average Bonchev–Trinajstić information content (AvgIpc) is 3.57. The molecule has 0 spiro atoms. The largest absolute Gasteiger partial charge is 0.481 e. The standard InChI is InChI=1S/C45H63O12P/c1-29(35-16-17-36-42-37(24-39(48)45(35,36)3)44(2)21-20-34(46)22-33(44)23-38(42)47)14-18-40(49)54-28-55-41(50)19-15-32(43(51)52)27-58(53,56-25-30-10-6-4-7-11-30)57-26-31-12-8-5-9-13-31/h4-13,29,32-39,42,46-48H,14-28H2,1-3H3,(H,51,52)/t29?,32?,33?,34-,35?,36?,37?,38-,39+,42?,44+,45-/m1/s1. The highest BCUT2D eigenvalue weighted by Crippen LogP contribution is 2.68. The summed E-state index contributed by atoms with van der Waals surface area (Å²) in [6.45, 7) is 5.90. The molecule has 4 saturated carbocycles. The van der Waals surface area contributed by atoms with Crippen LogP contribution in [0.1, 0.15) is 103 Å². The van der Waals surface area contributed by atoms with E-state index in [9.17, 15) is 39.4 Å². The number of ether oxygens (including phenoxy) is 2. The molecule has 2 aromatic carbocycles. The molecular weight excluding hydrogens is 763 g/mol. The summed E-state index contributed by atoms with van der Waals surface area (Å²) in [5, 5.41) is 43.8. The minimum Gasteiger partial charge on any atom is -0.481 e. The van der Waals surface area contributed by atoms with Crippen LogP contribution < -0.4 is 0 Å². The Morgan fingerprint density at radius 1 is 0.793 bits per heavy atom. The van der Waals surface area contributed by atoms with Gasteiger partial charge < -0.3 is 38.9 Å². The number of carboxylic acid groups (broad SMARTS) is 1. The van der Waals surface area contributed by atoms with Crippen LogP contribution >= 0.6 is 7.60 Å². The van der Waals surface area contributed by atoms with Crippen molar-refractivity contribution < 1.29 is 57.9 Å². The van der Waals surface area contributed by atoms with Gasteiger partial charge in [0, 0.05) is 12.8 Å².